The molecule has 1 aliphatic rings. The summed E-state index contributed by atoms with van der Waals surface area (Å²) in [7, 11) is 1.38. The molecule has 6 heteroatoms. The number of rotatable bonds is 3. The van der Waals surface area contributed by atoms with Crippen molar-refractivity contribution in [2.45, 2.75) is 13.8 Å². The van der Waals surface area contributed by atoms with Crippen molar-refractivity contribution in [1.82, 2.24) is 9.80 Å². The largest absolute Gasteiger partial charge is 0.494 e. The quantitative estimate of drug-likeness (QED) is 0.855. The Kier molecular flexibility index (Phi) is 5.00. The molecule has 5 nitrogen and oxygen atoms in total. The molecule has 0 aliphatic carbocycles. The molecule has 1 fully saturated rings. The summed E-state index contributed by atoms with van der Waals surface area (Å²) >= 11 is 0. The van der Waals surface area contributed by atoms with E-state index in [4.69, 9.17) is 4.74 Å². The summed E-state index contributed by atoms with van der Waals surface area (Å²) < 4.78 is 18.5. The molecule has 1 aliphatic heterocycles. The maximum atomic E-state index is 13.7. The Balaban J connectivity index is 2.01. The lowest BCUT2D eigenvalue weighted by molar-refractivity contribution is -0.135. The molecule has 0 radical (unpaired) electrons. The average molecular weight is 308 g/mol. The van der Waals surface area contributed by atoms with E-state index < -0.39 is 5.82 Å². The van der Waals surface area contributed by atoms with Crippen LogP contribution < -0.4 is 4.74 Å². The maximum absolute atomic E-state index is 13.7. The third-order valence-corrected chi connectivity index (χ3v) is 3.77. The zero-order chi connectivity index (χ0) is 16.3. The summed E-state index contributed by atoms with van der Waals surface area (Å²) in [6.45, 7) is 5.68. The zero-order valence-corrected chi connectivity index (χ0v) is 13.1. The normalized spacial score (nSPS) is 15.1. The van der Waals surface area contributed by atoms with Gasteiger partial charge in [0.1, 0.15) is 0 Å². The Bertz CT molecular complexity index is 567. The first-order valence-corrected chi connectivity index (χ1v) is 7.35. The van der Waals surface area contributed by atoms with Crippen molar-refractivity contribution in [3.05, 3.63) is 29.6 Å². The second-order valence-electron chi connectivity index (χ2n) is 5.62. The molecule has 1 saturated heterocycles. The minimum atomic E-state index is -0.554. The molecule has 0 spiro atoms. The van der Waals surface area contributed by atoms with Crippen LogP contribution in [-0.4, -0.2) is 54.9 Å². The van der Waals surface area contributed by atoms with Gasteiger partial charge in [-0.3, -0.25) is 9.59 Å². The van der Waals surface area contributed by atoms with Crippen LogP contribution in [0.25, 0.3) is 0 Å². The number of hydrogen-bond acceptors (Lipinski definition) is 3. The summed E-state index contributed by atoms with van der Waals surface area (Å²) in [5.41, 5.74) is 0.293. The van der Waals surface area contributed by atoms with E-state index in [9.17, 15) is 14.0 Å². The number of halogens is 1. The van der Waals surface area contributed by atoms with Gasteiger partial charge < -0.3 is 14.5 Å². The first kappa shape index (κ1) is 16.3. The molecule has 2 rings (SSSR count). The Labute approximate surface area is 129 Å². The van der Waals surface area contributed by atoms with E-state index in [1.165, 1.54) is 19.2 Å². The standard InChI is InChI=1S/C16H21FN2O3/c1-11(2)15(20)18-6-8-19(9-7-18)16(21)12-4-5-14(22-3)13(17)10-12/h4-5,10-11H,6-9H2,1-3H3. The van der Waals surface area contributed by atoms with Gasteiger partial charge in [0, 0.05) is 37.7 Å². The van der Waals surface area contributed by atoms with E-state index in [0.717, 1.165) is 0 Å². The molecule has 0 unspecified atom stereocenters. The summed E-state index contributed by atoms with van der Waals surface area (Å²) in [4.78, 5) is 27.7. The molecule has 120 valence electrons. The molecular weight excluding hydrogens is 287 g/mol. The van der Waals surface area contributed by atoms with Gasteiger partial charge in [-0.05, 0) is 18.2 Å². The van der Waals surface area contributed by atoms with Gasteiger partial charge in [0.25, 0.3) is 5.91 Å². The minimum absolute atomic E-state index is 0.0436. The van der Waals surface area contributed by atoms with Crippen LogP contribution in [0.5, 0.6) is 5.75 Å². The van der Waals surface area contributed by atoms with Gasteiger partial charge in [-0.25, -0.2) is 4.39 Å². The van der Waals surface area contributed by atoms with Crippen LogP contribution in [0.15, 0.2) is 18.2 Å². The number of hydrogen-bond donors (Lipinski definition) is 0. The number of amides is 2. The number of carbonyl (C=O) groups is 2. The Morgan fingerprint density at radius 1 is 1.14 bits per heavy atom. The average Bonchev–Trinajstić information content (AvgIpc) is 2.53. The Morgan fingerprint density at radius 2 is 1.73 bits per heavy atom. The molecule has 0 bridgehead atoms. The SMILES string of the molecule is COc1ccc(C(=O)N2CCN(C(=O)C(C)C)CC2)cc1F. The first-order valence-electron chi connectivity index (χ1n) is 7.35. The molecule has 1 aromatic carbocycles. The molecule has 1 heterocycles. The van der Waals surface area contributed by atoms with Crippen LogP contribution in [0, 0.1) is 11.7 Å². The molecular formula is C16H21FN2O3. The summed E-state index contributed by atoms with van der Waals surface area (Å²) in [5.74, 6) is -0.607. The smallest absolute Gasteiger partial charge is 0.254 e. The van der Waals surface area contributed by atoms with Gasteiger partial charge in [0.2, 0.25) is 5.91 Å². The monoisotopic (exact) mass is 308 g/mol. The Hall–Kier alpha value is -2.11. The summed E-state index contributed by atoms with van der Waals surface area (Å²) in [6.07, 6.45) is 0. The number of ether oxygens (including phenoxy) is 1. The number of piperazine rings is 1. The third-order valence-electron chi connectivity index (χ3n) is 3.77. The predicted molar refractivity (Wildman–Crippen MR) is 80.3 cm³/mol. The fourth-order valence-electron chi connectivity index (χ4n) is 2.48. The lowest BCUT2D eigenvalue weighted by Crippen LogP contribution is -2.51. The molecule has 2 amide bonds. The highest BCUT2D eigenvalue weighted by Gasteiger charge is 2.26. The van der Waals surface area contributed by atoms with Crippen LogP contribution >= 0.6 is 0 Å². The second-order valence-corrected chi connectivity index (χ2v) is 5.62. The Morgan fingerprint density at radius 3 is 2.23 bits per heavy atom. The summed E-state index contributed by atoms with van der Waals surface area (Å²) in [6, 6.07) is 4.18. The molecule has 0 atom stereocenters. The van der Waals surface area contributed by atoms with E-state index in [1.807, 2.05) is 13.8 Å². The highest BCUT2D eigenvalue weighted by molar-refractivity contribution is 5.94. The van der Waals surface area contributed by atoms with E-state index in [1.54, 1.807) is 15.9 Å². The lowest BCUT2D eigenvalue weighted by atomic mass is 10.1. The maximum Gasteiger partial charge on any atom is 0.254 e. The van der Waals surface area contributed by atoms with Gasteiger partial charge in [-0.2, -0.15) is 0 Å². The lowest BCUT2D eigenvalue weighted by Gasteiger charge is -2.35. The number of nitrogens with zero attached hydrogens (tertiary/aromatic N) is 2. The third kappa shape index (κ3) is 3.37. The van der Waals surface area contributed by atoms with Crippen molar-refractivity contribution in [3.63, 3.8) is 0 Å². The van der Waals surface area contributed by atoms with E-state index >= 15 is 0 Å². The van der Waals surface area contributed by atoms with Gasteiger partial charge >= 0.3 is 0 Å². The van der Waals surface area contributed by atoms with Gasteiger partial charge in [-0.1, -0.05) is 13.8 Å². The van der Waals surface area contributed by atoms with Crippen molar-refractivity contribution in [1.29, 1.82) is 0 Å². The topological polar surface area (TPSA) is 49.9 Å². The molecule has 0 aromatic heterocycles. The minimum Gasteiger partial charge on any atom is -0.494 e. The van der Waals surface area contributed by atoms with E-state index in [2.05, 4.69) is 0 Å². The van der Waals surface area contributed by atoms with E-state index in [0.29, 0.717) is 31.7 Å². The number of carbonyl (C=O) groups excluding carboxylic acids is 2. The van der Waals surface area contributed by atoms with Crippen LogP contribution in [0.4, 0.5) is 4.39 Å². The van der Waals surface area contributed by atoms with Gasteiger partial charge in [0.15, 0.2) is 11.6 Å². The van der Waals surface area contributed by atoms with Crippen molar-refractivity contribution >= 4 is 11.8 Å². The van der Waals surface area contributed by atoms with Crippen molar-refractivity contribution in [2.24, 2.45) is 5.92 Å². The predicted octanol–water partition coefficient (Wildman–Crippen LogP) is 1.77. The molecule has 0 N–H and O–H groups in total. The highest BCUT2D eigenvalue weighted by Crippen LogP contribution is 2.19. The highest BCUT2D eigenvalue weighted by atomic mass is 19.1. The fraction of sp³-hybridized carbons (Fsp3) is 0.500. The van der Waals surface area contributed by atoms with Crippen LogP contribution in [-0.2, 0) is 4.79 Å². The molecule has 1 aromatic rings. The fourth-order valence-corrected chi connectivity index (χ4v) is 2.48. The summed E-state index contributed by atoms with van der Waals surface area (Å²) in [5, 5.41) is 0. The number of benzene rings is 1. The second kappa shape index (κ2) is 6.77. The van der Waals surface area contributed by atoms with Crippen LogP contribution in [0.2, 0.25) is 0 Å². The van der Waals surface area contributed by atoms with Crippen molar-refractivity contribution < 1.29 is 18.7 Å². The van der Waals surface area contributed by atoms with Crippen molar-refractivity contribution in [3.8, 4) is 5.75 Å². The van der Waals surface area contributed by atoms with Crippen molar-refractivity contribution in [2.75, 3.05) is 33.3 Å². The van der Waals surface area contributed by atoms with E-state index in [-0.39, 0.29) is 23.5 Å². The van der Waals surface area contributed by atoms with Crippen LogP contribution in [0.3, 0.4) is 0 Å². The molecule has 0 saturated carbocycles. The van der Waals surface area contributed by atoms with Gasteiger partial charge in [-0.15, -0.1) is 0 Å². The first-order chi connectivity index (χ1) is 10.4. The van der Waals surface area contributed by atoms with Crippen LogP contribution in [0.1, 0.15) is 24.2 Å². The molecule has 22 heavy (non-hydrogen) atoms. The number of methoxy groups -OCH3 is 1. The zero-order valence-electron chi connectivity index (χ0n) is 13.1. The van der Waals surface area contributed by atoms with Gasteiger partial charge in [0.05, 0.1) is 7.11 Å².